The Morgan fingerprint density at radius 2 is 1.53 bits per heavy atom. The van der Waals surface area contributed by atoms with Gasteiger partial charge in [-0.3, -0.25) is 0 Å². The summed E-state index contributed by atoms with van der Waals surface area (Å²) in [6, 6.07) is 13.9. The number of hydrogen-bond acceptors (Lipinski definition) is 1. The zero-order chi connectivity index (χ0) is 13.8. The summed E-state index contributed by atoms with van der Waals surface area (Å²) in [6.45, 7) is 0. The van der Waals surface area contributed by atoms with E-state index in [-0.39, 0.29) is 5.57 Å². The third kappa shape index (κ3) is 3.16. The molecule has 0 aliphatic rings. The van der Waals surface area contributed by atoms with E-state index >= 15 is 0 Å². The van der Waals surface area contributed by atoms with Crippen LogP contribution in [0.4, 0.5) is 0 Å². The molecular formula is C15H10Cl2O2. The highest BCUT2D eigenvalue weighted by molar-refractivity contribution is 6.38. The molecule has 0 bridgehead atoms. The predicted octanol–water partition coefficient (Wildman–Crippen LogP) is 4.62. The van der Waals surface area contributed by atoms with Crippen LogP contribution in [0, 0.1) is 0 Å². The predicted molar refractivity (Wildman–Crippen MR) is 78.4 cm³/mol. The van der Waals surface area contributed by atoms with E-state index in [9.17, 15) is 9.90 Å². The van der Waals surface area contributed by atoms with Crippen molar-refractivity contribution < 1.29 is 9.90 Å². The first-order valence-electron chi connectivity index (χ1n) is 5.54. The van der Waals surface area contributed by atoms with Gasteiger partial charge in [-0.1, -0.05) is 59.6 Å². The van der Waals surface area contributed by atoms with Crippen molar-refractivity contribution in [2.45, 2.75) is 0 Å². The molecular weight excluding hydrogens is 283 g/mol. The van der Waals surface area contributed by atoms with Gasteiger partial charge >= 0.3 is 5.97 Å². The minimum atomic E-state index is -1.03. The highest BCUT2D eigenvalue weighted by Crippen LogP contribution is 2.29. The lowest BCUT2D eigenvalue weighted by Gasteiger charge is -2.05. The van der Waals surface area contributed by atoms with Crippen molar-refractivity contribution in [3.05, 3.63) is 69.7 Å². The molecule has 0 heterocycles. The molecule has 2 rings (SSSR count). The first-order chi connectivity index (χ1) is 9.09. The number of aliphatic carboxylic acids is 1. The Balaban J connectivity index is 2.57. The maximum Gasteiger partial charge on any atom is 0.336 e. The highest BCUT2D eigenvalue weighted by atomic mass is 35.5. The third-order valence-electron chi connectivity index (χ3n) is 2.60. The molecule has 0 aliphatic heterocycles. The molecule has 0 fully saturated rings. The van der Waals surface area contributed by atoms with Crippen LogP contribution in [0.15, 0.2) is 48.5 Å². The Bertz CT molecular complexity index is 614. The quantitative estimate of drug-likeness (QED) is 0.662. The second-order valence-corrected chi connectivity index (χ2v) is 4.68. The van der Waals surface area contributed by atoms with Gasteiger partial charge in [0.25, 0.3) is 0 Å². The number of carbonyl (C=O) groups is 1. The van der Waals surface area contributed by atoms with Crippen LogP contribution < -0.4 is 0 Å². The molecule has 19 heavy (non-hydrogen) atoms. The molecule has 0 amide bonds. The standard InChI is InChI=1S/C15H10Cl2O2/c16-13-7-4-8-14(17)12(13)9-11(15(18)19)10-5-2-1-3-6-10/h1-9H,(H,18,19)/b11-9-. The second-order valence-electron chi connectivity index (χ2n) is 3.86. The average molecular weight is 293 g/mol. The van der Waals surface area contributed by atoms with Gasteiger partial charge in [0, 0.05) is 15.6 Å². The second kappa shape index (κ2) is 5.91. The molecule has 0 saturated carbocycles. The number of halogens is 2. The first kappa shape index (κ1) is 13.7. The van der Waals surface area contributed by atoms with Gasteiger partial charge in [0.05, 0.1) is 5.57 Å². The summed E-state index contributed by atoms with van der Waals surface area (Å²) in [6.07, 6.45) is 1.49. The van der Waals surface area contributed by atoms with Crippen LogP contribution in [-0.4, -0.2) is 11.1 Å². The number of carboxylic acid groups (broad SMARTS) is 1. The Hall–Kier alpha value is -1.77. The first-order valence-corrected chi connectivity index (χ1v) is 6.29. The average Bonchev–Trinajstić information content (AvgIpc) is 2.39. The lowest BCUT2D eigenvalue weighted by molar-refractivity contribution is -0.130. The van der Waals surface area contributed by atoms with Crippen molar-refractivity contribution in [3.63, 3.8) is 0 Å². The molecule has 0 spiro atoms. The fourth-order valence-corrected chi connectivity index (χ4v) is 2.19. The summed E-state index contributed by atoms with van der Waals surface area (Å²) in [7, 11) is 0. The molecule has 0 aromatic heterocycles. The van der Waals surface area contributed by atoms with Crippen molar-refractivity contribution in [1.29, 1.82) is 0 Å². The summed E-state index contributed by atoms with van der Waals surface area (Å²) in [5.74, 6) is -1.03. The summed E-state index contributed by atoms with van der Waals surface area (Å²) < 4.78 is 0. The van der Waals surface area contributed by atoms with E-state index in [0.29, 0.717) is 21.2 Å². The monoisotopic (exact) mass is 292 g/mol. The summed E-state index contributed by atoms with van der Waals surface area (Å²) in [4.78, 5) is 11.4. The molecule has 2 nitrogen and oxygen atoms in total. The molecule has 4 heteroatoms. The number of rotatable bonds is 3. The zero-order valence-corrected chi connectivity index (χ0v) is 11.3. The molecule has 2 aromatic carbocycles. The Kier molecular flexibility index (Phi) is 4.25. The van der Waals surface area contributed by atoms with Crippen molar-refractivity contribution >= 4 is 40.8 Å². The molecule has 0 unspecified atom stereocenters. The Morgan fingerprint density at radius 1 is 0.947 bits per heavy atom. The SMILES string of the molecule is O=C(O)/C(=C\c1c(Cl)cccc1Cl)c1ccccc1. The molecule has 1 N–H and O–H groups in total. The maximum atomic E-state index is 11.4. The van der Waals surface area contributed by atoms with Crippen molar-refractivity contribution in [3.8, 4) is 0 Å². The van der Waals surface area contributed by atoms with Crippen molar-refractivity contribution in [2.75, 3.05) is 0 Å². The van der Waals surface area contributed by atoms with Crippen LogP contribution >= 0.6 is 23.2 Å². The van der Waals surface area contributed by atoms with E-state index in [1.54, 1.807) is 42.5 Å². The van der Waals surface area contributed by atoms with Crippen LogP contribution in [0.3, 0.4) is 0 Å². The Morgan fingerprint density at radius 3 is 2.05 bits per heavy atom. The third-order valence-corrected chi connectivity index (χ3v) is 3.26. The molecule has 0 radical (unpaired) electrons. The summed E-state index contributed by atoms with van der Waals surface area (Å²) >= 11 is 12.1. The van der Waals surface area contributed by atoms with Crippen LogP contribution in [0.2, 0.25) is 10.0 Å². The fourth-order valence-electron chi connectivity index (χ4n) is 1.68. The van der Waals surface area contributed by atoms with Crippen molar-refractivity contribution in [1.82, 2.24) is 0 Å². The van der Waals surface area contributed by atoms with Crippen LogP contribution in [0.25, 0.3) is 11.6 Å². The largest absolute Gasteiger partial charge is 0.478 e. The molecule has 96 valence electrons. The highest BCUT2D eigenvalue weighted by Gasteiger charge is 2.12. The van der Waals surface area contributed by atoms with E-state index in [1.165, 1.54) is 6.08 Å². The lowest BCUT2D eigenvalue weighted by Crippen LogP contribution is -1.99. The van der Waals surface area contributed by atoms with E-state index in [2.05, 4.69) is 0 Å². The lowest BCUT2D eigenvalue weighted by atomic mass is 10.0. The fraction of sp³-hybridized carbons (Fsp3) is 0. The van der Waals surface area contributed by atoms with Crippen LogP contribution in [-0.2, 0) is 4.79 Å². The smallest absolute Gasteiger partial charge is 0.336 e. The minimum Gasteiger partial charge on any atom is -0.478 e. The number of carboxylic acids is 1. The van der Waals surface area contributed by atoms with Gasteiger partial charge in [-0.2, -0.15) is 0 Å². The van der Waals surface area contributed by atoms with Crippen LogP contribution in [0.1, 0.15) is 11.1 Å². The summed E-state index contributed by atoms with van der Waals surface area (Å²) in [5, 5.41) is 10.2. The molecule has 0 saturated heterocycles. The van der Waals surface area contributed by atoms with Gasteiger partial charge in [0.1, 0.15) is 0 Å². The van der Waals surface area contributed by atoms with Gasteiger partial charge in [0.15, 0.2) is 0 Å². The number of hydrogen-bond donors (Lipinski definition) is 1. The maximum absolute atomic E-state index is 11.4. The van der Waals surface area contributed by atoms with Gasteiger partial charge in [-0.05, 0) is 23.8 Å². The normalized spacial score (nSPS) is 11.4. The van der Waals surface area contributed by atoms with Gasteiger partial charge < -0.3 is 5.11 Å². The van der Waals surface area contributed by atoms with Crippen molar-refractivity contribution in [2.24, 2.45) is 0 Å². The van der Waals surface area contributed by atoms with E-state index in [1.807, 2.05) is 6.07 Å². The van der Waals surface area contributed by atoms with E-state index in [0.717, 1.165) is 0 Å². The van der Waals surface area contributed by atoms with Crippen LogP contribution in [0.5, 0.6) is 0 Å². The molecule has 0 atom stereocenters. The zero-order valence-electron chi connectivity index (χ0n) is 9.81. The number of benzene rings is 2. The van der Waals surface area contributed by atoms with Gasteiger partial charge in [0.2, 0.25) is 0 Å². The van der Waals surface area contributed by atoms with Gasteiger partial charge in [-0.15, -0.1) is 0 Å². The van der Waals surface area contributed by atoms with E-state index in [4.69, 9.17) is 23.2 Å². The summed E-state index contributed by atoms with van der Waals surface area (Å²) in [5.41, 5.74) is 1.26. The Labute approximate surface area is 120 Å². The minimum absolute atomic E-state index is 0.149. The van der Waals surface area contributed by atoms with E-state index < -0.39 is 5.97 Å². The molecule has 0 aliphatic carbocycles. The molecule has 2 aromatic rings. The topological polar surface area (TPSA) is 37.3 Å². The van der Waals surface area contributed by atoms with Gasteiger partial charge in [-0.25, -0.2) is 4.79 Å².